The molecule has 2 rings (SSSR count). The molecule has 0 saturated carbocycles. The van der Waals surface area contributed by atoms with Crippen LogP contribution in [0.4, 0.5) is 0 Å². The van der Waals surface area contributed by atoms with Crippen molar-refractivity contribution < 1.29 is 13.6 Å². The minimum atomic E-state index is -1.24. The van der Waals surface area contributed by atoms with Gasteiger partial charge in [0.15, 0.2) is 0 Å². The van der Waals surface area contributed by atoms with E-state index in [-0.39, 0.29) is 0 Å². The van der Waals surface area contributed by atoms with E-state index in [9.17, 15) is 0 Å². The third-order valence-corrected chi connectivity index (χ3v) is 2.72. The monoisotopic (exact) mass is 210 g/mol. The van der Waals surface area contributed by atoms with Crippen LogP contribution in [0.1, 0.15) is 0 Å². The second-order valence-corrected chi connectivity index (χ2v) is 3.84. The first-order valence-corrected chi connectivity index (χ1v) is 5.49. The predicted molar refractivity (Wildman–Crippen MR) is 55.0 cm³/mol. The summed E-state index contributed by atoms with van der Waals surface area (Å²) in [6.07, 6.45) is 3.85. The average molecular weight is 210 g/mol. The molecule has 1 heterocycles. The van der Waals surface area contributed by atoms with E-state index in [1.165, 1.54) is 0 Å². The molecule has 1 aliphatic rings. The maximum Gasteiger partial charge on any atom is 0.397 e. The molecule has 0 bridgehead atoms. The van der Waals surface area contributed by atoms with Crippen LogP contribution in [-0.2, 0) is 9.05 Å². The van der Waals surface area contributed by atoms with Gasteiger partial charge in [0.2, 0.25) is 0 Å². The van der Waals surface area contributed by atoms with Crippen molar-refractivity contribution in [1.82, 2.24) is 0 Å². The molecule has 4 heteroatoms. The third-order valence-electron chi connectivity index (χ3n) is 1.64. The lowest BCUT2D eigenvalue weighted by Crippen LogP contribution is -1.94. The van der Waals surface area contributed by atoms with Gasteiger partial charge in [-0.15, -0.1) is 0 Å². The van der Waals surface area contributed by atoms with Crippen LogP contribution >= 0.6 is 8.60 Å². The Balaban J connectivity index is 1.91. The van der Waals surface area contributed by atoms with Gasteiger partial charge in [-0.1, -0.05) is 30.4 Å². The summed E-state index contributed by atoms with van der Waals surface area (Å²) in [5, 5.41) is 0. The number of hydrogen-bond donors (Lipinski definition) is 0. The van der Waals surface area contributed by atoms with Gasteiger partial charge in [-0.25, -0.2) is 0 Å². The van der Waals surface area contributed by atoms with Crippen molar-refractivity contribution in [3.63, 3.8) is 0 Å². The molecule has 0 atom stereocenters. The molecular formula is C10H11O3P. The fourth-order valence-electron chi connectivity index (χ4n) is 1.00. The van der Waals surface area contributed by atoms with E-state index < -0.39 is 8.60 Å². The average Bonchev–Trinajstić information content (AvgIpc) is 2.48. The number of rotatable bonds is 2. The Morgan fingerprint density at radius 1 is 1.00 bits per heavy atom. The summed E-state index contributed by atoms with van der Waals surface area (Å²) >= 11 is 0. The van der Waals surface area contributed by atoms with E-state index in [1.807, 2.05) is 42.5 Å². The van der Waals surface area contributed by atoms with Crippen LogP contribution < -0.4 is 4.52 Å². The summed E-state index contributed by atoms with van der Waals surface area (Å²) in [4.78, 5) is 0. The Morgan fingerprint density at radius 3 is 2.29 bits per heavy atom. The molecular weight excluding hydrogens is 199 g/mol. The molecule has 1 aliphatic heterocycles. The first-order valence-electron chi connectivity index (χ1n) is 4.39. The van der Waals surface area contributed by atoms with Crippen molar-refractivity contribution in [2.45, 2.75) is 0 Å². The van der Waals surface area contributed by atoms with Gasteiger partial charge in [-0.3, -0.25) is 9.05 Å². The van der Waals surface area contributed by atoms with Gasteiger partial charge in [0.05, 0.1) is 13.2 Å². The van der Waals surface area contributed by atoms with Crippen molar-refractivity contribution in [2.24, 2.45) is 0 Å². The lowest BCUT2D eigenvalue weighted by molar-refractivity contribution is 0.247. The molecule has 3 nitrogen and oxygen atoms in total. The Bertz CT molecular complexity index is 289. The van der Waals surface area contributed by atoms with E-state index in [4.69, 9.17) is 13.6 Å². The summed E-state index contributed by atoms with van der Waals surface area (Å²) in [6.45, 7) is 1.11. The molecule has 0 radical (unpaired) electrons. The highest BCUT2D eigenvalue weighted by Crippen LogP contribution is 2.41. The standard InChI is InChI=1S/C10H11O3P/c1-2-6-10(7-3-1)13-14-11-8-4-5-9-12-14/h1-7H,8-9H2. The Kier molecular flexibility index (Phi) is 3.52. The molecule has 0 fully saturated rings. The van der Waals surface area contributed by atoms with Gasteiger partial charge in [0.1, 0.15) is 5.75 Å². The number of hydrogen-bond acceptors (Lipinski definition) is 3. The number of benzene rings is 1. The predicted octanol–water partition coefficient (Wildman–Crippen LogP) is 2.90. The lowest BCUT2D eigenvalue weighted by atomic mass is 10.3. The van der Waals surface area contributed by atoms with Crippen LogP contribution in [-0.4, -0.2) is 13.2 Å². The maximum absolute atomic E-state index is 5.52. The quantitative estimate of drug-likeness (QED) is 0.554. The topological polar surface area (TPSA) is 27.7 Å². The van der Waals surface area contributed by atoms with Crippen LogP contribution in [0.5, 0.6) is 5.75 Å². The smallest absolute Gasteiger partial charge is 0.397 e. The van der Waals surface area contributed by atoms with E-state index in [2.05, 4.69) is 0 Å². The fourth-order valence-corrected chi connectivity index (χ4v) is 1.89. The highest BCUT2D eigenvalue weighted by Gasteiger charge is 2.14. The van der Waals surface area contributed by atoms with Gasteiger partial charge in [-0.2, -0.15) is 0 Å². The van der Waals surface area contributed by atoms with E-state index in [1.54, 1.807) is 0 Å². The first kappa shape index (κ1) is 9.66. The summed E-state index contributed by atoms with van der Waals surface area (Å²) in [7, 11) is -1.24. The van der Waals surface area contributed by atoms with Gasteiger partial charge in [0.25, 0.3) is 0 Å². The molecule has 1 aromatic carbocycles. The van der Waals surface area contributed by atoms with Crippen LogP contribution in [0.3, 0.4) is 0 Å². The van der Waals surface area contributed by atoms with Crippen molar-refractivity contribution in [3.05, 3.63) is 42.5 Å². The van der Waals surface area contributed by atoms with Crippen LogP contribution in [0, 0.1) is 0 Å². The van der Waals surface area contributed by atoms with Crippen molar-refractivity contribution in [2.75, 3.05) is 13.2 Å². The SMILES string of the molecule is C1=CCOP(Oc2ccccc2)OC1. The van der Waals surface area contributed by atoms with Gasteiger partial charge in [0, 0.05) is 0 Å². The fraction of sp³-hybridized carbons (Fsp3) is 0.200. The molecule has 0 N–H and O–H groups in total. The molecule has 0 saturated heterocycles. The van der Waals surface area contributed by atoms with Crippen LogP contribution in [0.15, 0.2) is 42.5 Å². The largest absolute Gasteiger partial charge is 0.427 e. The Morgan fingerprint density at radius 2 is 1.64 bits per heavy atom. The lowest BCUT2D eigenvalue weighted by Gasteiger charge is -2.13. The highest BCUT2D eigenvalue weighted by atomic mass is 31.2. The van der Waals surface area contributed by atoms with Gasteiger partial charge >= 0.3 is 8.60 Å². The summed E-state index contributed by atoms with van der Waals surface area (Å²) in [5.41, 5.74) is 0. The molecule has 0 aliphatic carbocycles. The third kappa shape index (κ3) is 2.81. The molecule has 74 valence electrons. The van der Waals surface area contributed by atoms with E-state index in [0.29, 0.717) is 13.2 Å². The minimum Gasteiger partial charge on any atom is -0.427 e. The Labute approximate surface area is 84.3 Å². The van der Waals surface area contributed by atoms with Crippen molar-refractivity contribution in [1.29, 1.82) is 0 Å². The molecule has 0 spiro atoms. The van der Waals surface area contributed by atoms with E-state index in [0.717, 1.165) is 5.75 Å². The molecule has 14 heavy (non-hydrogen) atoms. The molecule has 0 amide bonds. The van der Waals surface area contributed by atoms with Crippen molar-refractivity contribution >= 4 is 8.60 Å². The molecule has 1 aromatic rings. The summed E-state index contributed by atoms with van der Waals surface area (Å²) < 4.78 is 16.2. The normalized spacial score (nSPS) is 17.7. The zero-order valence-corrected chi connectivity index (χ0v) is 8.52. The zero-order valence-electron chi connectivity index (χ0n) is 7.63. The van der Waals surface area contributed by atoms with Gasteiger partial charge < -0.3 is 4.52 Å². The maximum atomic E-state index is 5.52. The zero-order chi connectivity index (χ0) is 9.64. The molecule has 0 unspecified atom stereocenters. The highest BCUT2D eigenvalue weighted by molar-refractivity contribution is 7.42. The minimum absolute atomic E-state index is 0.554. The van der Waals surface area contributed by atoms with Gasteiger partial charge in [-0.05, 0) is 12.1 Å². The summed E-state index contributed by atoms with van der Waals surface area (Å²) in [6, 6.07) is 9.54. The first-order chi connectivity index (χ1) is 6.95. The molecule has 0 aromatic heterocycles. The number of para-hydroxylation sites is 1. The van der Waals surface area contributed by atoms with Crippen LogP contribution in [0.25, 0.3) is 0 Å². The second kappa shape index (κ2) is 5.11. The second-order valence-electron chi connectivity index (χ2n) is 2.69. The van der Waals surface area contributed by atoms with E-state index >= 15 is 0 Å². The Hall–Kier alpha value is -0.890. The summed E-state index contributed by atoms with van der Waals surface area (Å²) in [5.74, 6) is 0.778. The van der Waals surface area contributed by atoms with Crippen molar-refractivity contribution in [3.8, 4) is 5.75 Å². The van der Waals surface area contributed by atoms with Crippen LogP contribution in [0.2, 0.25) is 0 Å².